The van der Waals surface area contributed by atoms with Gasteiger partial charge in [-0.1, -0.05) is 60.2 Å². The molecule has 2 amide bonds. The Morgan fingerprint density at radius 3 is 2.22 bits per heavy atom. The van der Waals surface area contributed by atoms with E-state index in [0.717, 1.165) is 16.7 Å². The predicted octanol–water partition coefficient (Wildman–Crippen LogP) is 4.23. The van der Waals surface area contributed by atoms with Crippen molar-refractivity contribution in [3.05, 3.63) is 89.5 Å². The number of nitrogens with one attached hydrogen (secondary N) is 1. The Bertz CT molecular complexity index is 1360. The van der Waals surface area contributed by atoms with Gasteiger partial charge in [0.05, 0.1) is 16.5 Å². The molecule has 1 saturated heterocycles. The van der Waals surface area contributed by atoms with Crippen molar-refractivity contribution in [1.82, 2.24) is 5.32 Å². The summed E-state index contributed by atoms with van der Waals surface area (Å²) in [6.45, 7) is 1.83. The Morgan fingerprint density at radius 2 is 1.62 bits per heavy atom. The molecule has 1 heterocycles. The lowest BCUT2D eigenvalue weighted by Gasteiger charge is -2.24. The number of carbonyl (C=O) groups is 2. The van der Waals surface area contributed by atoms with E-state index in [1.807, 2.05) is 19.1 Å². The molecule has 1 aliphatic rings. The molecule has 0 bridgehead atoms. The molecule has 1 unspecified atom stereocenters. The summed E-state index contributed by atoms with van der Waals surface area (Å²) < 4.78 is 25.1. The van der Waals surface area contributed by atoms with Gasteiger partial charge in [0.1, 0.15) is 0 Å². The molecule has 1 atom stereocenters. The maximum absolute atomic E-state index is 13.5. The summed E-state index contributed by atoms with van der Waals surface area (Å²) in [6.07, 6.45) is -0.175. The second kappa shape index (κ2) is 8.26. The summed E-state index contributed by atoms with van der Waals surface area (Å²) in [7, 11) is -4.18. The van der Waals surface area contributed by atoms with Crippen LogP contribution in [0.15, 0.2) is 77.7 Å². The quantitative estimate of drug-likeness (QED) is 0.609. The SMILES string of the molecule is Cc1ccc(S(=O)(=O)C2(Cc3ccc(-c4ccccc4C#N)cc3)SC(=O)NC2=O)cc1. The molecule has 0 saturated carbocycles. The van der Waals surface area contributed by atoms with Crippen molar-refractivity contribution < 1.29 is 18.0 Å². The normalized spacial score (nSPS) is 18.2. The van der Waals surface area contributed by atoms with Gasteiger partial charge in [-0.25, -0.2) is 8.42 Å². The van der Waals surface area contributed by atoms with E-state index in [0.29, 0.717) is 22.9 Å². The molecule has 0 spiro atoms. The van der Waals surface area contributed by atoms with Crippen molar-refractivity contribution >= 4 is 32.7 Å². The van der Waals surface area contributed by atoms with E-state index in [9.17, 15) is 23.3 Å². The Labute approximate surface area is 190 Å². The highest BCUT2D eigenvalue weighted by Gasteiger charge is 2.58. The Balaban J connectivity index is 1.74. The lowest BCUT2D eigenvalue weighted by Crippen LogP contribution is -2.45. The molecular weight excluding hydrogens is 444 g/mol. The second-order valence-electron chi connectivity index (χ2n) is 7.44. The molecule has 8 heteroatoms. The Morgan fingerprint density at radius 1 is 0.969 bits per heavy atom. The van der Waals surface area contributed by atoms with Crippen LogP contribution in [0, 0.1) is 18.3 Å². The number of sulfone groups is 1. The zero-order valence-corrected chi connectivity index (χ0v) is 18.7. The van der Waals surface area contributed by atoms with Crippen LogP contribution >= 0.6 is 11.8 Å². The van der Waals surface area contributed by atoms with E-state index in [-0.39, 0.29) is 11.3 Å². The van der Waals surface area contributed by atoms with Crippen molar-refractivity contribution in [3.8, 4) is 17.2 Å². The molecule has 1 fully saturated rings. The number of carbonyl (C=O) groups excluding carboxylic acids is 2. The van der Waals surface area contributed by atoms with E-state index < -0.39 is 25.1 Å². The molecule has 160 valence electrons. The molecule has 1 aliphatic heterocycles. The molecule has 1 N–H and O–H groups in total. The van der Waals surface area contributed by atoms with Crippen molar-refractivity contribution in [2.75, 3.05) is 0 Å². The van der Waals surface area contributed by atoms with Crippen LogP contribution in [0.2, 0.25) is 0 Å². The third kappa shape index (κ3) is 3.70. The van der Waals surface area contributed by atoms with Crippen molar-refractivity contribution in [2.45, 2.75) is 22.3 Å². The van der Waals surface area contributed by atoms with E-state index in [1.54, 1.807) is 48.5 Å². The van der Waals surface area contributed by atoms with Crippen LogP contribution < -0.4 is 5.32 Å². The van der Waals surface area contributed by atoms with Gasteiger partial charge in [0, 0.05) is 6.42 Å². The van der Waals surface area contributed by atoms with Gasteiger partial charge < -0.3 is 0 Å². The Hall–Kier alpha value is -3.41. The average molecular weight is 463 g/mol. The van der Waals surface area contributed by atoms with Gasteiger partial charge in [-0.05, 0) is 53.6 Å². The van der Waals surface area contributed by atoms with Gasteiger partial charge in [-0.2, -0.15) is 5.26 Å². The summed E-state index contributed by atoms with van der Waals surface area (Å²) in [6, 6.07) is 22.5. The first-order valence-electron chi connectivity index (χ1n) is 9.71. The first kappa shape index (κ1) is 21.8. The zero-order valence-electron chi connectivity index (χ0n) is 17.0. The minimum atomic E-state index is -4.18. The fourth-order valence-electron chi connectivity index (χ4n) is 3.61. The van der Waals surface area contributed by atoms with Gasteiger partial charge in [0.15, 0.2) is 0 Å². The van der Waals surface area contributed by atoms with Gasteiger partial charge in [0.2, 0.25) is 13.9 Å². The van der Waals surface area contributed by atoms with Crippen LogP contribution in [-0.4, -0.2) is 23.6 Å². The first-order chi connectivity index (χ1) is 15.3. The number of nitrogens with zero attached hydrogens (tertiary/aromatic N) is 1. The molecule has 4 rings (SSSR count). The van der Waals surface area contributed by atoms with Gasteiger partial charge in [0.25, 0.3) is 11.1 Å². The molecule has 0 aromatic heterocycles. The summed E-state index contributed by atoms with van der Waals surface area (Å²) in [4.78, 5) is 24.8. The standard InChI is InChI=1S/C24H18N2O4S2/c1-16-6-12-20(13-7-16)32(29,30)24(22(27)26-23(28)31-24)14-17-8-10-18(11-9-17)21-5-3-2-4-19(21)15-25/h2-13H,14H2,1H3,(H,26,27,28). The first-order valence-corrected chi connectivity index (χ1v) is 12.0. The van der Waals surface area contributed by atoms with Crippen molar-refractivity contribution in [2.24, 2.45) is 0 Å². The summed E-state index contributed by atoms with van der Waals surface area (Å²) >= 11 is 0.498. The number of thioether (sulfide) groups is 1. The number of hydrogen-bond acceptors (Lipinski definition) is 6. The van der Waals surface area contributed by atoms with Gasteiger partial charge >= 0.3 is 0 Å². The van der Waals surface area contributed by atoms with E-state index in [2.05, 4.69) is 11.4 Å². The molecule has 0 radical (unpaired) electrons. The Kier molecular flexibility index (Phi) is 5.63. The van der Waals surface area contributed by atoms with Crippen molar-refractivity contribution in [1.29, 1.82) is 5.26 Å². The van der Waals surface area contributed by atoms with Crippen LogP contribution in [0.5, 0.6) is 0 Å². The molecular formula is C24H18N2O4S2. The monoisotopic (exact) mass is 462 g/mol. The molecule has 0 aliphatic carbocycles. The molecule has 6 nitrogen and oxygen atoms in total. The lowest BCUT2D eigenvalue weighted by molar-refractivity contribution is -0.119. The molecule has 32 heavy (non-hydrogen) atoms. The van der Waals surface area contributed by atoms with Crippen LogP contribution in [0.3, 0.4) is 0 Å². The number of benzene rings is 3. The maximum Gasteiger partial charge on any atom is 0.287 e. The van der Waals surface area contributed by atoms with Gasteiger partial charge in [-0.3, -0.25) is 14.9 Å². The predicted molar refractivity (Wildman–Crippen MR) is 123 cm³/mol. The molecule has 3 aromatic rings. The highest BCUT2D eigenvalue weighted by Crippen LogP contribution is 2.43. The fourth-order valence-corrected chi connectivity index (χ4v) is 6.92. The minimum Gasteiger partial charge on any atom is -0.285 e. The number of imide groups is 1. The summed E-state index contributed by atoms with van der Waals surface area (Å²) in [5.74, 6) is -0.841. The minimum absolute atomic E-state index is 0.0139. The third-order valence-electron chi connectivity index (χ3n) is 5.33. The van der Waals surface area contributed by atoms with Crippen LogP contribution in [-0.2, 0) is 21.1 Å². The number of nitriles is 1. The average Bonchev–Trinajstić information content (AvgIpc) is 3.08. The molecule has 3 aromatic carbocycles. The summed E-state index contributed by atoms with van der Waals surface area (Å²) in [5, 5.41) is 10.8. The van der Waals surface area contributed by atoms with E-state index in [1.165, 1.54) is 12.1 Å². The number of rotatable bonds is 5. The largest absolute Gasteiger partial charge is 0.287 e. The third-order valence-corrected chi connectivity index (χ3v) is 9.28. The lowest BCUT2D eigenvalue weighted by atomic mass is 9.98. The maximum atomic E-state index is 13.5. The van der Waals surface area contributed by atoms with Crippen LogP contribution in [0.1, 0.15) is 16.7 Å². The topological polar surface area (TPSA) is 104 Å². The summed E-state index contributed by atoms with van der Waals surface area (Å²) in [5.41, 5.74) is 3.53. The van der Waals surface area contributed by atoms with Crippen LogP contribution in [0.4, 0.5) is 4.79 Å². The van der Waals surface area contributed by atoms with Crippen LogP contribution in [0.25, 0.3) is 11.1 Å². The second-order valence-corrected chi connectivity index (χ2v) is 11.1. The number of amides is 2. The number of aryl methyl sites for hydroxylation is 1. The van der Waals surface area contributed by atoms with Crippen molar-refractivity contribution in [3.63, 3.8) is 0 Å². The zero-order chi connectivity index (χ0) is 22.9. The number of hydrogen-bond donors (Lipinski definition) is 1. The smallest absolute Gasteiger partial charge is 0.285 e. The fraction of sp³-hybridized carbons (Fsp3) is 0.125. The highest BCUT2D eigenvalue weighted by atomic mass is 32.3. The van der Waals surface area contributed by atoms with E-state index >= 15 is 0 Å². The van der Waals surface area contributed by atoms with Gasteiger partial charge in [-0.15, -0.1) is 0 Å². The van der Waals surface area contributed by atoms with E-state index in [4.69, 9.17) is 0 Å². The highest BCUT2D eigenvalue weighted by molar-refractivity contribution is 8.25.